The summed E-state index contributed by atoms with van der Waals surface area (Å²) in [5, 5.41) is 8.29. The maximum Gasteiger partial charge on any atom is 0.225 e. The molecule has 0 aliphatic rings. The second-order valence-corrected chi connectivity index (χ2v) is 6.28. The molecule has 3 rings (SSSR count). The van der Waals surface area contributed by atoms with Crippen LogP contribution in [0.4, 0.5) is 5.95 Å². The van der Waals surface area contributed by atoms with Crippen molar-refractivity contribution in [1.82, 2.24) is 29.9 Å². The Morgan fingerprint density at radius 2 is 1.80 bits per heavy atom. The first kappa shape index (κ1) is 17.0. The molecule has 2 heterocycles. The van der Waals surface area contributed by atoms with Gasteiger partial charge >= 0.3 is 0 Å². The van der Waals surface area contributed by atoms with Gasteiger partial charge in [-0.25, -0.2) is 14.6 Å². The highest BCUT2D eigenvalue weighted by molar-refractivity contribution is 5.27. The predicted octanol–water partition coefficient (Wildman–Crippen LogP) is 1.81. The van der Waals surface area contributed by atoms with E-state index in [4.69, 9.17) is 0 Å². The number of hydrogen-bond acceptors (Lipinski definition) is 6. The molecule has 0 amide bonds. The number of rotatable bonds is 7. The van der Waals surface area contributed by atoms with E-state index in [1.54, 1.807) is 6.20 Å². The van der Waals surface area contributed by atoms with Gasteiger partial charge < -0.3 is 4.90 Å². The van der Waals surface area contributed by atoms with Gasteiger partial charge in [-0.05, 0) is 18.7 Å². The van der Waals surface area contributed by atoms with Crippen LogP contribution < -0.4 is 4.90 Å². The SMILES string of the molecule is CN(Cc1ccnc(N(C)C)n1)Cc1cnnn1Cc1ccccc1. The molecular weight excluding hydrogens is 314 g/mol. The van der Waals surface area contributed by atoms with E-state index in [1.807, 2.05) is 54.1 Å². The summed E-state index contributed by atoms with van der Waals surface area (Å²) in [6.07, 6.45) is 3.62. The van der Waals surface area contributed by atoms with E-state index < -0.39 is 0 Å². The van der Waals surface area contributed by atoms with Crippen molar-refractivity contribution in [2.45, 2.75) is 19.6 Å². The van der Waals surface area contributed by atoms with Gasteiger partial charge in [0.25, 0.3) is 0 Å². The Kier molecular flexibility index (Phi) is 5.35. The molecular formula is C18H23N7. The van der Waals surface area contributed by atoms with Crippen molar-refractivity contribution in [3.8, 4) is 0 Å². The molecule has 0 N–H and O–H groups in total. The van der Waals surface area contributed by atoms with Crippen LogP contribution in [0.2, 0.25) is 0 Å². The fraction of sp³-hybridized carbons (Fsp3) is 0.333. The first-order valence-electron chi connectivity index (χ1n) is 8.21. The molecule has 0 spiro atoms. The Hall–Kier alpha value is -2.80. The number of hydrogen-bond donors (Lipinski definition) is 0. The molecule has 2 aromatic heterocycles. The third-order valence-electron chi connectivity index (χ3n) is 3.84. The highest BCUT2D eigenvalue weighted by atomic mass is 15.4. The van der Waals surface area contributed by atoms with Gasteiger partial charge in [0.15, 0.2) is 0 Å². The molecule has 25 heavy (non-hydrogen) atoms. The van der Waals surface area contributed by atoms with E-state index in [0.717, 1.165) is 37.0 Å². The van der Waals surface area contributed by atoms with E-state index in [0.29, 0.717) is 0 Å². The number of nitrogens with zero attached hydrogens (tertiary/aromatic N) is 7. The summed E-state index contributed by atoms with van der Waals surface area (Å²) in [5.74, 6) is 0.724. The normalized spacial score (nSPS) is 11.0. The van der Waals surface area contributed by atoms with Crippen LogP contribution in [-0.2, 0) is 19.6 Å². The van der Waals surface area contributed by atoms with Crippen LogP contribution in [0.3, 0.4) is 0 Å². The fourth-order valence-electron chi connectivity index (χ4n) is 2.59. The minimum atomic E-state index is 0.724. The van der Waals surface area contributed by atoms with E-state index >= 15 is 0 Å². The van der Waals surface area contributed by atoms with E-state index in [1.165, 1.54) is 5.56 Å². The molecule has 130 valence electrons. The zero-order valence-electron chi connectivity index (χ0n) is 14.9. The first-order valence-corrected chi connectivity index (χ1v) is 8.21. The number of anilines is 1. The van der Waals surface area contributed by atoms with Crippen molar-refractivity contribution in [2.24, 2.45) is 0 Å². The Morgan fingerprint density at radius 3 is 2.56 bits per heavy atom. The summed E-state index contributed by atoms with van der Waals surface area (Å²) in [5.41, 5.74) is 3.28. The molecule has 0 fully saturated rings. The molecule has 7 nitrogen and oxygen atoms in total. The Morgan fingerprint density at radius 1 is 1.00 bits per heavy atom. The molecule has 0 saturated heterocycles. The van der Waals surface area contributed by atoms with Gasteiger partial charge in [-0.2, -0.15) is 0 Å². The average molecular weight is 337 g/mol. The van der Waals surface area contributed by atoms with Gasteiger partial charge in [0.05, 0.1) is 24.1 Å². The van der Waals surface area contributed by atoms with Crippen LogP contribution in [-0.4, -0.2) is 51.0 Å². The summed E-state index contributed by atoms with van der Waals surface area (Å²) >= 11 is 0. The van der Waals surface area contributed by atoms with E-state index in [-0.39, 0.29) is 0 Å². The Bertz CT molecular complexity index is 798. The monoisotopic (exact) mass is 337 g/mol. The van der Waals surface area contributed by atoms with Crippen LogP contribution in [0, 0.1) is 0 Å². The zero-order valence-corrected chi connectivity index (χ0v) is 14.9. The van der Waals surface area contributed by atoms with Gasteiger partial charge in [-0.15, -0.1) is 5.10 Å². The lowest BCUT2D eigenvalue weighted by Crippen LogP contribution is -2.21. The highest BCUT2D eigenvalue weighted by Crippen LogP contribution is 2.10. The van der Waals surface area contributed by atoms with E-state index in [2.05, 4.69) is 44.4 Å². The predicted molar refractivity (Wildman–Crippen MR) is 97.1 cm³/mol. The molecule has 0 saturated carbocycles. The lowest BCUT2D eigenvalue weighted by Gasteiger charge is -2.17. The molecule has 0 aliphatic carbocycles. The van der Waals surface area contributed by atoms with Crippen molar-refractivity contribution in [2.75, 3.05) is 26.0 Å². The minimum absolute atomic E-state index is 0.724. The lowest BCUT2D eigenvalue weighted by atomic mass is 10.2. The third-order valence-corrected chi connectivity index (χ3v) is 3.84. The maximum absolute atomic E-state index is 4.57. The molecule has 0 aliphatic heterocycles. The van der Waals surface area contributed by atoms with Crippen molar-refractivity contribution < 1.29 is 0 Å². The van der Waals surface area contributed by atoms with Gasteiger partial charge in [0, 0.05) is 33.4 Å². The number of benzene rings is 1. The Labute approximate surface area is 147 Å². The summed E-state index contributed by atoms with van der Waals surface area (Å²) in [4.78, 5) is 12.9. The van der Waals surface area contributed by atoms with Crippen LogP contribution in [0.15, 0.2) is 48.8 Å². The van der Waals surface area contributed by atoms with Crippen LogP contribution in [0.25, 0.3) is 0 Å². The Balaban J connectivity index is 1.65. The second kappa shape index (κ2) is 7.85. The third kappa shape index (κ3) is 4.60. The van der Waals surface area contributed by atoms with Crippen LogP contribution in [0.5, 0.6) is 0 Å². The summed E-state index contributed by atoms with van der Waals surface area (Å²) in [6.45, 7) is 2.21. The zero-order chi connectivity index (χ0) is 17.6. The molecule has 0 bridgehead atoms. The largest absolute Gasteiger partial charge is 0.347 e. The van der Waals surface area contributed by atoms with Gasteiger partial charge in [-0.1, -0.05) is 35.5 Å². The standard InChI is InChI=1S/C18H23N7/c1-23(2)18-19-10-9-16(21-18)13-24(3)14-17-11-20-22-25(17)12-15-7-5-4-6-8-15/h4-11H,12-14H2,1-3H3. The van der Waals surface area contributed by atoms with Crippen LogP contribution >= 0.6 is 0 Å². The summed E-state index contributed by atoms with van der Waals surface area (Å²) < 4.78 is 1.94. The van der Waals surface area contributed by atoms with Crippen molar-refractivity contribution in [3.63, 3.8) is 0 Å². The molecule has 0 radical (unpaired) electrons. The average Bonchev–Trinajstić information content (AvgIpc) is 3.02. The molecule has 7 heteroatoms. The maximum atomic E-state index is 4.57. The molecule has 3 aromatic rings. The van der Waals surface area contributed by atoms with Gasteiger partial charge in [0.1, 0.15) is 0 Å². The molecule has 0 atom stereocenters. The number of aromatic nitrogens is 5. The minimum Gasteiger partial charge on any atom is -0.347 e. The summed E-state index contributed by atoms with van der Waals surface area (Å²) in [7, 11) is 5.95. The van der Waals surface area contributed by atoms with Crippen molar-refractivity contribution in [1.29, 1.82) is 0 Å². The highest BCUT2D eigenvalue weighted by Gasteiger charge is 2.10. The van der Waals surface area contributed by atoms with Crippen LogP contribution in [0.1, 0.15) is 17.0 Å². The molecule has 1 aromatic carbocycles. The van der Waals surface area contributed by atoms with Crippen molar-refractivity contribution in [3.05, 3.63) is 65.7 Å². The van der Waals surface area contributed by atoms with Gasteiger partial charge in [0.2, 0.25) is 5.95 Å². The fourth-order valence-corrected chi connectivity index (χ4v) is 2.59. The first-order chi connectivity index (χ1) is 12.1. The second-order valence-electron chi connectivity index (χ2n) is 6.28. The topological polar surface area (TPSA) is 63.0 Å². The van der Waals surface area contributed by atoms with Gasteiger partial charge in [-0.3, -0.25) is 4.90 Å². The summed E-state index contributed by atoms with van der Waals surface area (Å²) in [6, 6.07) is 12.2. The van der Waals surface area contributed by atoms with Crippen molar-refractivity contribution >= 4 is 5.95 Å². The molecule has 0 unspecified atom stereocenters. The lowest BCUT2D eigenvalue weighted by molar-refractivity contribution is 0.304. The smallest absolute Gasteiger partial charge is 0.225 e. The quantitative estimate of drug-likeness (QED) is 0.655. The van der Waals surface area contributed by atoms with E-state index in [9.17, 15) is 0 Å².